The minimum Gasteiger partial charge on any atom is -0.492 e. The molecule has 0 fully saturated rings. The second kappa shape index (κ2) is 6.74. The Balaban J connectivity index is 1.87. The minimum absolute atomic E-state index is 0.291. The van der Waals surface area contributed by atoms with Crippen molar-refractivity contribution in [3.8, 4) is 5.75 Å². The number of hydrogen-bond acceptors (Lipinski definition) is 4. The molecule has 2 aromatic carbocycles. The van der Waals surface area contributed by atoms with Gasteiger partial charge in [0.05, 0.1) is 21.4 Å². The molecule has 0 saturated carbocycles. The zero-order valence-corrected chi connectivity index (χ0v) is 14.4. The predicted molar refractivity (Wildman–Crippen MR) is 95.2 cm³/mol. The monoisotopic (exact) mass is 366 g/mol. The Bertz CT molecular complexity index is 880. The number of anilines is 1. The third-order valence-corrected chi connectivity index (χ3v) is 4.76. The summed E-state index contributed by atoms with van der Waals surface area (Å²) in [5.41, 5.74) is 1.16. The topological polar surface area (TPSA) is 51.2 Å². The molecule has 0 bridgehead atoms. The zero-order chi connectivity index (χ0) is 16.4. The average molecular weight is 367 g/mol. The number of carbonyl (C=O) groups excluding carboxylic acids is 1. The van der Waals surface area contributed by atoms with E-state index in [0.717, 1.165) is 10.2 Å². The SMILES string of the molecule is CCOc1cccc2sc(NC(=O)c3ccc(Cl)c(Cl)c3)nc12. The Morgan fingerprint density at radius 1 is 1.26 bits per heavy atom. The molecule has 118 valence electrons. The van der Waals surface area contributed by atoms with Crippen molar-refractivity contribution in [1.82, 2.24) is 4.98 Å². The Morgan fingerprint density at radius 3 is 2.83 bits per heavy atom. The van der Waals surface area contributed by atoms with E-state index in [9.17, 15) is 4.79 Å². The van der Waals surface area contributed by atoms with Crippen molar-refractivity contribution in [3.63, 3.8) is 0 Å². The summed E-state index contributed by atoms with van der Waals surface area (Å²) in [6, 6.07) is 10.4. The van der Waals surface area contributed by atoms with E-state index in [4.69, 9.17) is 27.9 Å². The first-order valence-electron chi connectivity index (χ1n) is 6.87. The number of thiazole rings is 1. The van der Waals surface area contributed by atoms with Crippen LogP contribution < -0.4 is 10.1 Å². The summed E-state index contributed by atoms with van der Waals surface area (Å²) >= 11 is 13.2. The summed E-state index contributed by atoms with van der Waals surface area (Å²) in [6.45, 7) is 2.47. The van der Waals surface area contributed by atoms with Crippen LogP contribution in [0.2, 0.25) is 10.0 Å². The molecule has 0 spiro atoms. The molecule has 3 rings (SSSR count). The third-order valence-electron chi connectivity index (χ3n) is 3.08. The lowest BCUT2D eigenvalue weighted by molar-refractivity contribution is 0.102. The fourth-order valence-corrected chi connectivity index (χ4v) is 3.23. The van der Waals surface area contributed by atoms with Gasteiger partial charge in [0, 0.05) is 5.56 Å². The number of benzene rings is 2. The maximum atomic E-state index is 12.3. The van der Waals surface area contributed by atoms with Crippen molar-refractivity contribution in [2.45, 2.75) is 6.92 Å². The van der Waals surface area contributed by atoms with Gasteiger partial charge < -0.3 is 4.74 Å². The maximum Gasteiger partial charge on any atom is 0.257 e. The van der Waals surface area contributed by atoms with Crippen molar-refractivity contribution in [2.75, 3.05) is 11.9 Å². The van der Waals surface area contributed by atoms with Crippen LogP contribution in [0.4, 0.5) is 5.13 Å². The number of ether oxygens (including phenoxy) is 1. The molecule has 0 atom stereocenters. The van der Waals surface area contributed by atoms with Crippen LogP contribution in [0, 0.1) is 0 Å². The van der Waals surface area contributed by atoms with Crippen LogP contribution in [-0.4, -0.2) is 17.5 Å². The highest BCUT2D eigenvalue weighted by Crippen LogP contribution is 2.32. The fraction of sp³-hybridized carbons (Fsp3) is 0.125. The van der Waals surface area contributed by atoms with E-state index in [0.29, 0.717) is 33.1 Å². The zero-order valence-electron chi connectivity index (χ0n) is 12.1. The number of aromatic nitrogens is 1. The van der Waals surface area contributed by atoms with Gasteiger partial charge in [0.15, 0.2) is 5.13 Å². The number of amides is 1. The molecular weight excluding hydrogens is 355 g/mol. The van der Waals surface area contributed by atoms with Gasteiger partial charge in [-0.05, 0) is 37.3 Å². The first-order chi connectivity index (χ1) is 11.1. The quantitative estimate of drug-likeness (QED) is 0.685. The molecule has 1 heterocycles. The molecule has 0 aliphatic rings. The van der Waals surface area contributed by atoms with E-state index in [-0.39, 0.29) is 5.91 Å². The van der Waals surface area contributed by atoms with Crippen LogP contribution in [0.1, 0.15) is 17.3 Å². The second-order valence-corrected chi connectivity index (χ2v) is 6.48. The van der Waals surface area contributed by atoms with Crippen molar-refractivity contribution in [2.24, 2.45) is 0 Å². The molecule has 7 heteroatoms. The molecular formula is C16H12Cl2N2O2S. The van der Waals surface area contributed by atoms with Gasteiger partial charge in [-0.25, -0.2) is 4.98 Å². The van der Waals surface area contributed by atoms with Gasteiger partial charge in [0.2, 0.25) is 0 Å². The third kappa shape index (κ3) is 3.42. The lowest BCUT2D eigenvalue weighted by Gasteiger charge is -2.03. The summed E-state index contributed by atoms with van der Waals surface area (Å²) < 4.78 is 6.50. The van der Waals surface area contributed by atoms with E-state index in [1.165, 1.54) is 17.4 Å². The van der Waals surface area contributed by atoms with Gasteiger partial charge in [0.25, 0.3) is 5.91 Å². The van der Waals surface area contributed by atoms with Crippen LogP contribution in [0.15, 0.2) is 36.4 Å². The van der Waals surface area contributed by atoms with E-state index in [1.807, 2.05) is 25.1 Å². The van der Waals surface area contributed by atoms with E-state index >= 15 is 0 Å². The van der Waals surface area contributed by atoms with Crippen molar-refractivity contribution in [3.05, 3.63) is 52.0 Å². The highest BCUT2D eigenvalue weighted by molar-refractivity contribution is 7.22. The molecule has 1 N–H and O–H groups in total. The minimum atomic E-state index is -0.291. The number of halogens is 2. The molecule has 0 aliphatic carbocycles. The summed E-state index contributed by atoms with van der Waals surface area (Å²) in [7, 11) is 0. The highest BCUT2D eigenvalue weighted by atomic mass is 35.5. The lowest BCUT2D eigenvalue weighted by atomic mass is 10.2. The van der Waals surface area contributed by atoms with E-state index in [2.05, 4.69) is 10.3 Å². The molecule has 4 nitrogen and oxygen atoms in total. The molecule has 1 amide bonds. The van der Waals surface area contributed by atoms with Gasteiger partial charge in [0.1, 0.15) is 11.3 Å². The Hall–Kier alpha value is -1.82. The molecule has 0 radical (unpaired) electrons. The average Bonchev–Trinajstić information content (AvgIpc) is 2.93. The van der Waals surface area contributed by atoms with Gasteiger partial charge in [-0.2, -0.15) is 0 Å². The number of fused-ring (bicyclic) bond motifs is 1. The van der Waals surface area contributed by atoms with Gasteiger partial charge in [-0.3, -0.25) is 10.1 Å². The van der Waals surface area contributed by atoms with Crippen molar-refractivity contribution in [1.29, 1.82) is 0 Å². The summed E-state index contributed by atoms with van der Waals surface area (Å²) in [6.07, 6.45) is 0. The maximum absolute atomic E-state index is 12.3. The predicted octanol–water partition coefficient (Wildman–Crippen LogP) is 5.25. The molecule has 1 aromatic heterocycles. The fourth-order valence-electron chi connectivity index (χ4n) is 2.06. The first-order valence-corrected chi connectivity index (χ1v) is 8.44. The van der Waals surface area contributed by atoms with Gasteiger partial charge in [-0.1, -0.05) is 40.6 Å². The highest BCUT2D eigenvalue weighted by Gasteiger charge is 2.13. The normalized spacial score (nSPS) is 10.7. The van der Waals surface area contributed by atoms with E-state index in [1.54, 1.807) is 12.1 Å². The molecule has 0 saturated heterocycles. The summed E-state index contributed by atoms with van der Waals surface area (Å²) in [4.78, 5) is 16.7. The van der Waals surface area contributed by atoms with Crippen LogP contribution in [0.3, 0.4) is 0 Å². The first kappa shape index (κ1) is 16.1. The standard InChI is InChI=1S/C16H12Cl2N2O2S/c1-2-22-12-4-3-5-13-14(12)19-16(23-13)20-15(21)9-6-7-10(17)11(18)8-9/h3-8H,2H2,1H3,(H,19,20,21). The summed E-state index contributed by atoms with van der Waals surface area (Å²) in [5, 5.41) is 4.02. The van der Waals surface area contributed by atoms with Gasteiger partial charge >= 0.3 is 0 Å². The summed E-state index contributed by atoms with van der Waals surface area (Å²) in [5.74, 6) is 0.414. The molecule has 0 unspecified atom stereocenters. The van der Waals surface area contributed by atoms with Crippen LogP contribution >= 0.6 is 34.5 Å². The number of rotatable bonds is 4. The number of nitrogens with zero attached hydrogens (tertiary/aromatic N) is 1. The second-order valence-electron chi connectivity index (χ2n) is 4.64. The largest absolute Gasteiger partial charge is 0.492 e. The molecule has 0 aliphatic heterocycles. The Kier molecular flexibility index (Phi) is 4.71. The van der Waals surface area contributed by atoms with Crippen LogP contribution in [0.25, 0.3) is 10.2 Å². The Morgan fingerprint density at radius 2 is 2.09 bits per heavy atom. The lowest BCUT2D eigenvalue weighted by Crippen LogP contribution is -2.11. The van der Waals surface area contributed by atoms with Crippen molar-refractivity contribution < 1.29 is 9.53 Å². The number of para-hydroxylation sites is 1. The molecule has 3 aromatic rings. The number of carbonyl (C=O) groups is 1. The number of nitrogens with one attached hydrogen (secondary N) is 1. The van der Waals surface area contributed by atoms with Crippen LogP contribution in [-0.2, 0) is 0 Å². The van der Waals surface area contributed by atoms with Crippen molar-refractivity contribution >= 4 is 55.8 Å². The molecule has 23 heavy (non-hydrogen) atoms. The van der Waals surface area contributed by atoms with E-state index < -0.39 is 0 Å². The Labute approximate surface area is 147 Å². The van der Waals surface area contributed by atoms with Crippen LogP contribution in [0.5, 0.6) is 5.75 Å². The van der Waals surface area contributed by atoms with Gasteiger partial charge in [-0.15, -0.1) is 0 Å². The number of hydrogen-bond donors (Lipinski definition) is 1. The smallest absolute Gasteiger partial charge is 0.257 e.